The quantitative estimate of drug-likeness (QED) is 0.813. The SMILES string of the molecule is O=C(O)c1nc2cccc(F)c2c(F)c1F. The minimum Gasteiger partial charge on any atom is -0.476 e. The van der Waals surface area contributed by atoms with E-state index in [0.717, 1.165) is 6.07 Å². The van der Waals surface area contributed by atoms with E-state index in [-0.39, 0.29) is 5.52 Å². The second kappa shape index (κ2) is 3.48. The number of benzene rings is 1. The lowest BCUT2D eigenvalue weighted by atomic mass is 10.1. The summed E-state index contributed by atoms with van der Waals surface area (Å²) in [6.45, 7) is 0. The zero-order valence-corrected chi connectivity index (χ0v) is 7.67. The molecule has 82 valence electrons. The number of carboxylic acids is 1. The Balaban J connectivity index is 2.94. The molecule has 1 N–H and O–H groups in total. The zero-order valence-electron chi connectivity index (χ0n) is 7.67. The van der Waals surface area contributed by atoms with Gasteiger partial charge in [-0.1, -0.05) is 6.07 Å². The average molecular weight is 227 g/mol. The molecule has 0 amide bonds. The Labute approximate surface area is 87.2 Å². The maximum Gasteiger partial charge on any atom is 0.357 e. The average Bonchev–Trinajstić information content (AvgIpc) is 2.22. The van der Waals surface area contributed by atoms with Crippen LogP contribution in [0.25, 0.3) is 10.9 Å². The third-order valence-electron chi connectivity index (χ3n) is 2.05. The third kappa shape index (κ3) is 1.39. The summed E-state index contributed by atoms with van der Waals surface area (Å²) < 4.78 is 39.7. The molecule has 2 rings (SSSR count). The summed E-state index contributed by atoms with van der Waals surface area (Å²) in [7, 11) is 0. The van der Waals surface area contributed by atoms with Crippen LogP contribution in [0.2, 0.25) is 0 Å². The van der Waals surface area contributed by atoms with Gasteiger partial charge in [0.2, 0.25) is 0 Å². The van der Waals surface area contributed by atoms with Crippen molar-refractivity contribution in [3.05, 3.63) is 41.3 Å². The summed E-state index contributed by atoms with van der Waals surface area (Å²) in [4.78, 5) is 13.9. The Morgan fingerprint density at radius 3 is 2.50 bits per heavy atom. The summed E-state index contributed by atoms with van der Waals surface area (Å²) >= 11 is 0. The minimum absolute atomic E-state index is 0.240. The Morgan fingerprint density at radius 1 is 1.19 bits per heavy atom. The van der Waals surface area contributed by atoms with Crippen LogP contribution in [0.1, 0.15) is 10.5 Å². The lowest BCUT2D eigenvalue weighted by molar-refractivity contribution is 0.0684. The van der Waals surface area contributed by atoms with Crippen molar-refractivity contribution in [3.8, 4) is 0 Å². The number of halogens is 3. The maximum atomic E-state index is 13.4. The van der Waals surface area contributed by atoms with Gasteiger partial charge in [0.15, 0.2) is 17.3 Å². The molecule has 0 saturated heterocycles. The lowest BCUT2D eigenvalue weighted by Crippen LogP contribution is -2.07. The highest BCUT2D eigenvalue weighted by Crippen LogP contribution is 2.23. The van der Waals surface area contributed by atoms with E-state index in [4.69, 9.17) is 5.11 Å². The molecule has 1 aromatic heterocycles. The zero-order chi connectivity index (χ0) is 11.9. The van der Waals surface area contributed by atoms with Gasteiger partial charge in [0.05, 0.1) is 10.9 Å². The first-order valence-corrected chi connectivity index (χ1v) is 4.19. The van der Waals surface area contributed by atoms with E-state index in [2.05, 4.69) is 4.98 Å². The molecule has 0 aliphatic heterocycles. The van der Waals surface area contributed by atoms with Gasteiger partial charge in [-0.25, -0.2) is 22.9 Å². The number of nitrogens with zero attached hydrogens (tertiary/aromatic N) is 1. The third-order valence-corrected chi connectivity index (χ3v) is 2.05. The monoisotopic (exact) mass is 227 g/mol. The molecule has 2 aromatic rings. The molecule has 0 unspecified atom stereocenters. The highest BCUT2D eigenvalue weighted by molar-refractivity contribution is 5.90. The molecule has 0 atom stereocenters. The number of fused-ring (bicyclic) bond motifs is 1. The maximum absolute atomic E-state index is 13.4. The predicted molar refractivity (Wildman–Crippen MR) is 48.6 cm³/mol. The van der Waals surface area contributed by atoms with Crippen LogP contribution in [0, 0.1) is 17.5 Å². The van der Waals surface area contributed by atoms with Gasteiger partial charge in [0.1, 0.15) is 5.82 Å². The minimum atomic E-state index is -1.71. The molecule has 16 heavy (non-hydrogen) atoms. The van der Waals surface area contributed by atoms with Gasteiger partial charge in [-0.2, -0.15) is 0 Å². The topological polar surface area (TPSA) is 50.2 Å². The van der Waals surface area contributed by atoms with Crippen LogP contribution < -0.4 is 0 Å². The van der Waals surface area contributed by atoms with Crippen LogP contribution in [0.15, 0.2) is 18.2 Å². The van der Waals surface area contributed by atoms with Crippen molar-refractivity contribution >= 4 is 16.9 Å². The van der Waals surface area contributed by atoms with E-state index in [0.29, 0.717) is 0 Å². The van der Waals surface area contributed by atoms with Gasteiger partial charge in [-0.05, 0) is 12.1 Å². The van der Waals surface area contributed by atoms with Crippen LogP contribution in [-0.2, 0) is 0 Å². The van der Waals surface area contributed by atoms with E-state index in [1.54, 1.807) is 0 Å². The second-order valence-electron chi connectivity index (χ2n) is 3.03. The van der Waals surface area contributed by atoms with Gasteiger partial charge >= 0.3 is 5.97 Å². The molecular weight excluding hydrogens is 223 g/mol. The summed E-state index contributed by atoms with van der Waals surface area (Å²) in [5.41, 5.74) is -1.30. The fraction of sp³-hybridized carbons (Fsp3) is 0. The van der Waals surface area contributed by atoms with Gasteiger partial charge < -0.3 is 5.11 Å². The Hall–Kier alpha value is -2.11. The molecule has 0 saturated carbocycles. The normalized spacial score (nSPS) is 10.7. The van der Waals surface area contributed by atoms with Crippen molar-refractivity contribution in [2.24, 2.45) is 0 Å². The molecule has 0 fully saturated rings. The Bertz CT molecular complexity index is 598. The highest BCUT2D eigenvalue weighted by Gasteiger charge is 2.21. The van der Waals surface area contributed by atoms with Gasteiger partial charge in [0.25, 0.3) is 0 Å². The lowest BCUT2D eigenvalue weighted by Gasteiger charge is -2.03. The van der Waals surface area contributed by atoms with E-state index in [1.165, 1.54) is 12.1 Å². The molecule has 6 heteroatoms. The van der Waals surface area contributed by atoms with Crippen molar-refractivity contribution in [3.63, 3.8) is 0 Å². The molecule has 1 aromatic carbocycles. The number of aromatic carboxylic acids is 1. The number of rotatable bonds is 1. The first kappa shape index (κ1) is 10.4. The first-order chi connectivity index (χ1) is 7.52. The second-order valence-corrected chi connectivity index (χ2v) is 3.03. The van der Waals surface area contributed by atoms with E-state index < -0.39 is 34.5 Å². The van der Waals surface area contributed by atoms with Crippen LogP contribution in [0.5, 0.6) is 0 Å². The van der Waals surface area contributed by atoms with Gasteiger partial charge in [-0.15, -0.1) is 0 Å². The molecular formula is C10H4F3NO2. The van der Waals surface area contributed by atoms with E-state index in [1.807, 2.05) is 0 Å². The van der Waals surface area contributed by atoms with E-state index >= 15 is 0 Å². The van der Waals surface area contributed by atoms with Crippen LogP contribution in [0.3, 0.4) is 0 Å². The fourth-order valence-electron chi connectivity index (χ4n) is 1.35. The molecule has 1 heterocycles. The standard InChI is InChI=1S/C10H4F3NO2/c11-4-2-1-3-5-6(4)7(12)8(13)9(14-5)10(15)16/h1-3H,(H,15,16). The molecule has 0 aliphatic rings. The molecule has 0 aliphatic carbocycles. The largest absolute Gasteiger partial charge is 0.476 e. The number of hydrogen-bond donors (Lipinski definition) is 1. The molecule has 0 bridgehead atoms. The van der Waals surface area contributed by atoms with E-state index in [9.17, 15) is 18.0 Å². The smallest absolute Gasteiger partial charge is 0.357 e. The fourth-order valence-corrected chi connectivity index (χ4v) is 1.35. The van der Waals surface area contributed by atoms with Crippen molar-refractivity contribution < 1.29 is 23.1 Å². The summed E-state index contributed by atoms with van der Waals surface area (Å²) in [5.74, 6) is -5.90. The first-order valence-electron chi connectivity index (χ1n) is 4.19. The number of carboxylic acid groups (broad SMARTS) is 1. The number of aromatic nitrogens is 1. The van der Waals surface area contributed by atoms with Crippen molar-refractivity contribution in [1.29, 1.82) is 0 Å². The molecule has 0 spiro atoms. The van der Waals surface area contributed by atoms with Crippen molar-refractivity contribution in [2.75, 3.05) is 0 Å². The summed E-state index contributed by atoms with van der Waals surface area (Å²) in [6.07, 6.45) is 0. The Morgan fingerprint density at radius 2 is 1.88 bits per heavy atom. The van der Waals surface area contributed by atoms with Crippen LogP contribution >= 0.6 is 0 Å². The number of hydrogen-bond acceptors (Lipinski definition) is 2. The molecule has 3 nitrogen and oxygen atoms in total. The summed E-state index contributed by atoms with van der Waals surface area (Å²) in [5, 5.41) is 7.91. The number of carbonyl (C=O) groups is 1. The highest BCUT2D eigenvalue weighted by atomic mass is 19.2. The van der Waals surface area contributed by atoms with Crippen LogP contribution in [0.4, 0.5) is 13.2 Å². The van der Waals surface area contributed by atoms with Crippen molar-refractivity contribution in [2.45, 2.75) is 0 Å². The predicted octanol–water partition coefficient (Wildman–Crippen LogP) is 2.35. The van der Waals surface area contributed by atoms with Crippen molar-refractivity contribution in [1.82, 2.24) is 4.98 Å². The van der Waals surface area contributed by atoms with Crippen LogP contribution in [-0.4, -0.2) is 16.1 Å². The van der Waals surface area contributed by atoms with Gasteiger partial charge in [-0.3, -0.25) is 0 Å². The number of pyridine rings is 1. The molecule has 0 radical (unpaired) electrons. The summed E-state index contributed by atoms with van der Waals surface area (Å²) in [6, 6.07) is 3.37. The Kier molecular flexibility index (Phi) is 2.26. The van der Waals surface area contributed by atoms with Gasteiger partial charge in [0, 0.05) is 0 Å².